The van der Waals surface area contributed by atoms with Crippen molar-refractivity contribution in [2.24, 2.45) is 34.2 Å². The van der Waals surface area contributed by atoms with E-state index in [1.54, 1.807) is 20.8 Å². The van der Waals surface area contributed by atoms with E-state index in [1.807, 2.05) is 13.8 Å². The predicted molar refractivity (Wildman–Crippen MR) is 150 cm³/mol. The molecule has 2 rings (SSSR count). The number of ketones is 2. The topological polar surface area (TPSA) is 188 Å². The molecule has 0 aromatic carbocycles. The van der Waals surface area contributed by atoms with E-state index in [0.29, 0.717) is 6.42 Å². The Hall–Kier alpha value is -2.15. The van der Waals surface area contributed by atoms with Crippen LogP contribution in [-0.2, 0) is 28.6 Å². The second-order valence-corrected chi connectivity index (χ2v) is 13.3. The molecule has 13 heteroatoms. The number of cyclic esters (lactones) is 1. The molecule has 2 aliphatic heterocycles. The van der Waals surface area contributed by atoms with Crippen molar-refractivity contribution in [1.82, 2.24) is 0 Å². The number of alkyl halides is 1. The summed E-state index contributed by atoms with van der Waals surface area (Å²) in [4.78, 5) is 43.0. The van der Waals surface area contributed by atoms with Crippen LogP contribution in [0.15, 0.2) is 5.11 Å². The summed E-state index contributed by atoms with van der Waals surface area (Å²) in [7, 11) is 0. The molecule has 12 nitrogen and oxygen atoms in total. The number of carbonyl (C=O) groups excluding carboxylic acids is 3. The Balaban J connectivity index is 2.63. The summed E-state index contributed by atoms with van der Waals surface area (Å²) in [5.41, 5.74) is 2.19. The van der Waals surface area contributed by atoms with Crippen molar-refractivity contribution in [2.45, 2.75) is 130 Å². The molecule has 2 fully saturated rings. The number of carbonyl (C=O) groups is 3. The summed E-state index contributed by atoms with van der Waals surface area (Å²) >= 11 is 0. The minimum Gasteiger partial charge on any atom is -0.457 e. The highest BCUT2D eigenvalue weighted by Crippen LogP contribution is 2.42. The number of nitrogens with zero attached hydrogens (tertiary/aromatic N) is 3. The first-order valence-electron chi connectivity index (χ1n) is 14.6. The zero-order chi connectivity index (χ0) is 32.4. The van der Waals surface area contributed by atoms with Gasteiger partial charge in [-0.05, 0) is 56.9 Å². The Labute approximate surface area is 246 Å². The first kappa shape index (κ1) is 36.0. The quantitative estimate of drug-likeness (QED) is 0.139. The standard InChI is InChI=1S/C29H48FN3O9/c1-14-12-16(3)40-25(21(14)35)42-24-18(5)22(36)28(8,30)26(38)41-19(10-11-32-33-31)29(9,39)23(37)17(4)20(34)15(2)13-27(24,6)7/h14-19,21,23-25,35,37,39H,10-13H2,1-9H3/t14?,15-,16?,17+,18+,19-,21?,23-,24-,25?,28+,29-/m1/s1. The maximum Gasteiger partial charge on any atom is 0.351 e. The third-order valence-corrected chi connectivity index (χ3v) is 8.99. The van der Waals surface area contributed by atoms with Gasteiger partial charge >= 0.3 is 5.97 Å². The van der Waals surface area contributed by atoms with Gasteiger partial charge in [0, 0.05) is 29.2 Å². The molecule has 240 valence electrons. The molecular weight excluding hydrogens is 553 g/mol. The van der Waals surface area contributed by atoms with Gasteiger partial charge in [0.05, 0.1) is 18.3 Å². The molecule has 0 aromatic heterocycles. The van der Waals surface area contributed by atoms with Crippen molar-refractivity contribution in [1.29, 1.82) is 0 Å². The van der Waals surface area contributed by atoms with Crippen molar-refractivity contribution < 1.29 is 48.3 Å². The van der Waals surface area contributed by atoms with Gasteiger partial charge in [0.15, 0.2) is 12.1 Å². The van der Waals surface area contributed by atoms with Gasteiger partial charge in [-0.2, -0.15) is 0 Å². The average Bonchev–Trinajstić information content (AvgIpc) is 2.90. The number of ether oxygens (including phenoxy) is 3. The van der Waals surface area contributed by atoms with Gasteiger partial charge < -0.3 is 29.5 Å². The van der Waals surface area contributed by atoms with Crippen LogP contribution in [0.3, 0.4) is 0 Å². The third kappa shape index (κ3) is 7.67. The second kappa shape index (κ2) is 13.7. The Kier molecular flexibility index (Phi) is 11.7. The van der Waals surface area contributed by atoms with E-state index < -0.39 is 82.7 Å². The SMILES string of the molecule is CC1CC(C)C(O)C(O[C@@H]2[C@@H](C)C(=O)[C@](C)(F)C(=O)O[C@H](CCN=[N+]=[N-])[C@@](C)(O)[C@H](O)[C@@H](C)C(=O)[C@H](C)CC2(C)C)O1. The van der Waals surface area contributed by atoms with Gasteiger partial charge in [-0.25, -0.2) is 9.18 Å². The lowest BCUT2D eigenvalue weighted by Gasteiger charge is -2.45. The Morgan fingerprint density at radius 2 is 1.67 bits per heavy atom. The van der Waals surface area contributed by atoms with E-state index in [0.717, 1.165) is 13.8 Å². The van der Waals surface area contributed by atoms with Crippen molar-refractivity contribution in [3.8, 4) is 0 Å². The minimum absolute atomic E-state index is 0.120. The van der Waals surface area contributed by atoms with Gasteiger partial charge in [-0.3, -0.25) is 9.59 Å². The van der Waals surface area contributed by atoms with Crippen molar-refractivity contribution >= 4 is 17.5 Å². The molecule has 4 unspecified atom stereocenters. The molecule has 12 atom stereocenters. The van der Waals surface area contributed by atoms with E-state index in [9.17, 15) is 29.7 Å². The maximum atomic E-state index is 16.2. The average molecular weight is 602 g/mol. The number of hydrogen-bond acceptors (Lipinski definition) is 10. The summed E-state index contributed by atoms with van der Waals surface area (Å²) in [6.45, 7) is 13.2. The van der Waals surface area contributed by atoms with Crippen LogP contribution < -0.4 is 0 Å². The van der Waals surface area contributed by atoms with Crippen LogP contribution >= 0.6 is 0 Å². The third-order valence-electron chi connectivity index (χ3n) is 8.99. The lowest BCUT2D eigenvalue weighted by molar-refractivity contribution is -0.284. The highest BCUT2D eigenvalue weighted by atomic mass is 19.1. The first-order chi connectivity index (χ1) is 19.2. The van der Waals surface area contributed by atoms with Crippen LogP contribution in [-0.4, -0.2) is 87.5 Å². The smallest absolute Gasteiger partial charge is 0.351 e. The first-order valence-corrected chi connectivity index (χ1v) is 14.6. The van der Waals surface area contributed by atoms with Crippen molar-refractivity contribution in [2.75, 3.05) is 6.54 Å². The maximum absolute atomic E-state index is 16.2. The van der Waals surface area contributed by atoms with Crippen LogP contribution in [0.25, 0.3) is 10.4 Å². The Morgan fingerprint density at radius 3 is 2.24 bits per heavy atom. The summed E-state index contributed by atoms with van der Waals surface area (Å²) in [6, 6.07) is 0. The zero-order valence-electron chi connectivity index (χ0n) is 26.1. The zero-order valence-corrected chi connectivity index (χ0v) is 26.1. The summed E-state index contributed by atoms with van der Waals surface area (Å²) in [5, 5.41) is 36.6. The molecule has 2 saturated heterocycles. The van der Waals surface area contributed by atoms with Crippen LogP contribution in [0.1, 0.15) is 81.6 Å². The van der Waals surface area contributed by atoms with Crippen LogP contribution in [0, 0.1) is 29.1 Å². The lowest BCUT2D eigenvalue weighted by Crippen LogP contribution is -2.59. The summed E-state index contributed by atoms with van der Waals surface area (Å²) < 4.78 is 33.6. The molecule has 2 aliphatic rings. The lowest BCUT2D eigenvalue weighted by atomic mass is 9.69. The molecule has 0 aliphatic carbocycles. The fourth-order valence-corrected chi connectivity index (χ4v) is 6.43. The van der Waals surface area contributed by atoms with Gasteiger partial charge in [-0.15, -0.1) is 0 Å². The Morgan fingerprint density at radius 1 is 1.07 bits per heavy atom. The molecule has 0 aromatic rings. The van der Waals surface area contributed by atoms with Gasteiger partial charge in [0.1, 0.15) is 23.6 Å². The van der Waals surface area contributed by atoms with Crippen LogP contribution in [0.4, 0.5) is 4.39 Å². The number of aliphatic hydroxyl groups is 3. The number of halogens is 1. The molecule has 0 radical (unpaired) electrons. The Bertz CT molecular complexity index is 1050. The molecule has 2 heterocycles. The molecule has 3 N–H and O–H groups in total. The molecule has 0 saturated carbocycles. The fraction of sp³-hybridized carbons (Fsp3) is 0.897. The highest BCUT2D eigenvalue weighted by molar-refractivity contribution is 6.07. The van der Waals surface area contributed by atoms with Crippen LogP contribution in [0.5, 0.6) is 0 Å². The summed E-state index contributed by atoms with van der Waals surface area (Å²) in [6.07, 6.45) is -6.58. The highest BCUT2D eigenvalue weighted by Gasteiger charge is 2.54. The van der Waals surface area contributed by atoms with Crippen molar-refractivity contribution in [3.05, 3.63) is 10.4 Å². The van der Waals surface area contributed by atoms with Crippen LogP contribution in [0.2, 0.25) is 0 Å². The van der Waals surface area contributed by atoms with E-state index in [-0.39, 0.29) is 31.4 Å². The molecule has 0 bridgehead atoms. The van der Waals surface area contributed by atoms with Gasteiger partial charge in [-0.1, -0.05) is 46.7 Å². The fourth-order valence-electron chi connectivity index (χ4n) is 6.43. The summed E-state index contributed by atoms with van der Waals surface area (Å²) in [5.74, 6) is -6.52. The number of rotatable bonds is 5. The van der Waals surface area contributed by atoms with E-state index in [2.05, 4.69) is 10.0 Å². The number of Topliss-reactive ketones (excluding diaryl/α,β-unsaturated/α-hetero) is 2. The van der Waals surface area contributed by atoms with Crippen molar-refractivity contribution in [3.63, 3.8) is 0 Å². The van der Waals surface area contributed by atoms with E-state index in [1.165, 1.54) is 13.8 Å². The monoisotopic (exact) mass is 601 g/mol. The number of esters is 1. The number of hydrogen-bond donors (Lipinski definition) is 3. The van der Waals surface area contributed by atoms with Gasteiger partial charge in [0.2, 0.25) is 0 Å². The van der Waals surface area contributed by atoms with Gasteiger partial charge in [0.25, 0.3) is 5.67 Å². The normalized spacial score (nSPS) is 44.1. The second-order valence-electron chi connectivity index (χ2n) is 13.3. The predicted octanol–water partition coefficient (Wildman–Crippen LogP) is 3.43. The van der Waals surface area contributed by atoms with E-state index in [4.69, 9.17) is 19.7 Å². The number of aliphatic hydroxyl groups excluding tert-OH is 2. The molecule has 42 heavy (non-hydrogen) atoms. The molecular formula is C29H48FN3O9. The van der Waals surface area contributed by atoms with E-state index >= 15 is 4.39 Å². The molecule has 0 spiro atoms. The largest absolute Gasteiger partial charge is 0.457 e. The number of azide groups is 1. The molecule has 0 amide bonds. The minimum atomic E-state index is -3.21.